The number of nitrogens with zero attached hydrogens (tertiary/aromatic N) is 5. The van der Waals surface area contributed by atoms with Gasteiger partial charge in [-0.15, -0.1) is 10.2 Å². The highest BCUT2D eigenvalue weighted by Gasteiger charge is 2.23. The van der Waals surface area contributed by atoms with Crippen molar-refractivity contribution in [2.24, 2.45) is 0 Å². The minimum Gasteiger partial charge on any atom is -0.467 e. The number of aromatic nitrogens is 5. The van der Waals surface area contributed by atoms with E-state index >= 15 is 0 Å². The lowest BCUT2D eigenvalue weighted by Crippen LogP contribution is -2.26. The molecule has 1 unspecified atom stereocenters. The number of hydrogen-bond donors (Lipinski definition) is 0. The molecule has 0 radical (unpaired) electrons. The predicted molar refractivity (Wildman–Crippen MR) is 150 cm³/mol. The zero-order valence-electron chi connectivity index (χ0n) is 21.8. The molecule has 1 aliphatic heterocycles. The van der Waals surface area contributed by atoms with Gasteiger partial charge in [0.2, 0.25) is 0 Å². The van der Waals surface area contributed by atoms with Crippen molar-refractivity contribution in [3.63, 3.8) is 0 Å². The standard InChI is InChI=1S/C27H30IN5O5/c1-27(2,3)38-26(34)32-15-20(28)25-22(32)12-21(30-31-25)19-9-8-17(11-23(19)37-16-35-4)18-13-29-33(14-18)24-7-5-6-10-36-24/h8-9,11-15,24H,5-7,10,16H2,1-4H3. The fourth-order valence-corrected chi connectivity index (χ4v) is 4.97. The SMILES string of the molecule is COCOc1cc(-c2cnn(C3CCCCO3)c2)ccc1-c1cc2c(nn1)c(I)cn2C(=O)OC(C)(C)C. The van der Waals surface area contributed by atoms with Gasteiger partial charge in [-0.3, -0.25) is 0 Å². The number of halogens is 1. The van der Waals surface area contributed by atoms with Gasteiger partial charge in [0, 0.05) is 37.2 Å². The fraction of sp³-hybridized carbons (Fsp3) is 0.407. The number of ether oxygens (including phenoxy) is 4. The van der Waals surface area contributed by atoms with Crippen LogP contribution in [0.5, 0.6) is 5.75 Å². The number of fused-ring (bicyclic) bond motifs is 1. The first-order chi connectivity index (χ1) is 18.2. The zero-order chi connectivity index (χ0) is 26.9. The molecule has 0 spiro atoms. The molecule has 200 valence electrons. The molecule has 4 aromatic rings. The molecule has 1 aliphatic rings. The van der Waals surface area contributed by atoms with Gasteiger partial charge in [-0.25, -0.2) is 14.0 Å². The summed E-state index contributed by atoms with van der Waals surface area (Å²) in [6.07, 6.45) is 8.18. The smallest absolute Gasteiger partial charge is 0.419 e. The van der Waals surface area contributed by atoms with Crippen LogP contribution in [0.3, 0.4) is 0 Å². The average Bonchev–Trinajstić information content (AvgIpc) is 3.52. The molecule has 3 aromatic heterocycles. The molecule has 1 saturated heterocycles. The maximum atomic E-state index is 12.9. The first-order valence-corrected chi connectivity index (χ1v) is 13.5. The summed E-state index contributed by atoms with van der Waals surface area (Å²) in [7, 11) is 1.57. The molecular formula is C27H30IN5O5. The van der Waals surface area contributed by atoms with Crippen LogP contribution in [0.15, 0.2) is 42.9 Å². The van der Waals surface area contributed by atoms with Crippen LogP contribution in [0.2, 0.25) is 0 Å². The third-order valence-corrected chi connectivity index (χ3v) is 6.86. The predicted octanol–water partition coefficient (Wildman–Crippen LogP) is 6.03. The third kappa shape index (κ3) is 5.69. The Bertz CT molecular complexity index is 1450. The molecule has 4 heterocycles. The van der Waals surface area contributed by atoms with Gasteiger partial charge >= 0.3 is 6.09 Å². The Morgan fingerprint density at radius 3 is 2.74 bits per heavy atom. The summed E-state index contributed by atoms with van der Waals surface area (Å²) in [5.41, 5.74) is 3.75. The highest BCUT2D eigenvalue weighted by molar-refractivity contribution is 14.1. The Hall–Kier alpha value is -3.03. The number of hydrogen-bond acceptors (Lipinski definition) is 8. The lowest BCUT2D eigenvalue weighted by molar-refractivity contribution is -0.0394. The van der Waals surface area contributed by atoms with Gasteiger partial charge in [0.15, 0.2) is 6.79 Å². The second-order valence-corrected chi connectivity index (χ2v) is 11.2. The van der Waals surface area contributed by atoms with Crippen molar-refractivity contribution in [3.8, 4) is 28.1 Å². The van der Waals surface area contributed by atoms with E-state index in [2.05, 4.69) is 37.9 Å². The summed E-state index contributed by atoms with van der Waals surface area (Å²) in [6, 6.07) is 7.67. The van der Waals surface area contributed by atoms with Crippen LogP contribution < -0.4 is 4.74 Å². The van der Waals surface area contributed by atoms with Crippen molar-refractivity contribution in [3.05, 3.63) is 46.4 Å². The summed E-state index contributed by atoms with van der Waals surface area (Å²) >= 11 is 2.14. The van der Waals surface area contributed by atoms with Crippen molar-refractivity contribution in [1.29, 1.82) is 0 Å². The lowest BCUT2D eigenvalue weighted by atomic mass is 10.0. The van der Waals surface area contributed by atoms with Crippen LogP contribution in [0.25, 0.3) is 33.4 Å². The second kappa shape index (κ2) is 11.0. The van der Waals surface area contributed by atoms with Gasteiger partial charge in [-0.2, -0.15) is 5.10 Å². The molecule has 11 heteroatoms. The largest absolute Gasteiger partial charge is 0.467 e. The molecule has 5 rings (SSSR count). The van der Waals surface area contributed by atoms with Crippen LogP contribution in [-0.2, 0) is 14.2 Å². The highest BCUT2D eigenvalue weighted by Crippen LogP contribution is 2.35. The van der Waals surface area contributed by atoms with Crippen LogP contribution in [-0.4, -0.2) is 56.7 Å². The number of carbonyl (C=O) groups excluding carboxylic acids is 1. The maximum absolute atomic E-state index is 12.9. The van der Waals surface area contributed by atoms with Crippen molar-refractivity contribution < 1.29 is 23.7 Å². The van der Waals surface area contributed by atoms with E-state index in [0.717, 1.165) is 46.1 Å². The topological polar surface area (TPSA) is 103 Å². The normalized spacial score (nSPS) is 16.1. The summed E-state index contributed by atoms with van der Waals surface area (Å²) in [5, 5.41) is 13.4. The van der Waals surface area contributed by atoms with E-state index < -0.39 is 11.7 Å². The molecule has 10 nitrogen and oxygen atoms in total. The summed E-state index contributed by atoms with van der Waals surface area (Å²) in [5.74, 6) is 0.574. The molecule has 0 saturated carbocycles. The van der Waals surface area contributed by atoms with Crippen molar-refractivity contribution in [2.45, 2.75) is 51.9 Å². The van der Waals surface area contributed by atoms with E-state index in [1.807, 2.05) is 62.1 Å². The lowest BCUT2D eigenvalue weighted by Gasteiger charge is -2.22. The molecular weight excluding hydrogens is 601 g/mol. The van der Waals surface area contributed by atoms with Gasteiger partial charge in [0.1, 0.15) is 23.1 Å². The van der Waals surface area contributed by atoms with E-state index in [9.17, 15) is 4.79 Å². The summed E-state index contributed by atoms with van der Waals surface area (Å²) in [4.78, 5) is 12.9. The van der Waals surface area contributed by atoms with Crippen molar-refractivity contribution >= 4 is 39.7 Å². The fourth-order valence-electron chi connectivity index (χ4n) is 4.31. The number of benzene rings is 1. The van der Waals surface area contributed by atoms with Crippen LogP contribution >= 0.6 is 22.6 Å². The molecule has 38 heavy (non-hydrogen) atoms. The Kier molecular flexibility index (Phi) is 7.68. The van der Waals surface area contributed by atoms with Crippen molar-refractivity contribution in [2.75, 3.05) is 20.5 Å². The number of carbonyl (C=O) groups is 1. The third-order valence-electron chi connectivity index (χ3n) is 6.07. The Labute approximate surface area is 234 Å². The molecule has 0 bridgehead atoms. The van der Waals surface area contributed by atoms with E-state index in [1.54, 1.807) is 13.3 Å². The van der Waals surface area contributed by atoms with E-state index in [0.29, 0.717) is 22.5 Å². The first kappa shape index (κ1) is 26.6. The van der Waals surface area contributed by atoms with E-state index in [4.69, 9.17) is 18.9 Å². The number of methoxy groups -OCH3 is 1. The second-order valence-electron chi connectivity index (χ2n) is 10.1. The number of rotatable bonds is 6. The summed E-state index contributed by atoms with van der Waals surface area (Å²) < 4.78 is 26.7. The zero-order valence-corrected chi connectivity index (χ0v) is 24.0. The first-order valence-electron chi connectivity index (χ1n) is 12.4. The molecule has 1 atom stereocenters. The van der Waals surface area contributed by atoms with Crippen LogP contribution in [0, 0.1) is 3.57 Å². The highest BCUT2D eigenvalue weighted by atomic mass is 127. The Morgan fingerprint density at radius 2 is 2.00 bits per heavy atom. The average molecular weight is 631 g/mol. The van der Waals surface area contributed by atoms with Gasteiger partial charge in [-0.05, 0) is 86.4 Å². The van der Waals surface area contributed by atoms with Gasteiger partial charge in [0.25, 0.3) is 0 Å². The van der Waals surface area contributed by atoms with E-state index in [1.165, 1.54) is 4.57 Å². The van der Waals surface area contributed by atoms with Crippen LogP contribution in [0.1, 0.15) is 46.3 Å². The van der Waals surface area contributed by atoms with Gasteiger partial charge in [-0.1, -0.05) is 6.07 Å². The van der Waals surface area contributed by atoms with Gasteiger partial charge in [0.05, 0.1) is 21.0 Å². The monoisotopic (exact) mass is 631 g/mol. The quantitative estimate of drug-likeness (QED) is 0.188. The molecule has 0 N–H and O–H groups in total. The Balaban J connectivity index is 1.51. The van der Waals surface area contributed by atoms with Crippen LogP contribution in [0.4, 0.5) is 4.79 Å². The van der Waals surface area contributed by atoms with Gasteiger partial charge < -0.3 is 18.9 Å². The van der Waals surface area contributed by atoms with E-state index in [-0.39, 0.29) is 13.0 Å². The maximum Gasteiger partial charge on any atom is 0.419 e. The molecule has 1 aromatic carbocycles. The summed E-state index contributed by atoms with van der Waals surface area (Å²) in [6.45, 7) is 6.32. The molecule has 1 fully saturated rings. The Morgan fingerprint density at radius 1 is 1.16 bits per heavy atom. The van der Waals surface area contributed by atoms with Crippen molar-refractivity contribution in [1.82, 2.24) is 24.5 Å². The molecule has 0 amide bonds. The minimum absolute atomic E-state index is 0.0352. The molecule has 0 aliphatic carbocycles. The minimum atomic E-state index is -0.629.